The highest BCUT2D eigenvalue weighted by Crippen LogP contribution is 2.37. The number of rotatable bonds is 4. The Balaban J connectivity index is 1.63. The van der Waals surface area contributed by atoms with Crippen LogP contribution in [0.3, 0.4) is 0 Å². The predicted molar refractivity (Wildman–Crippen MR) is 92.4 cm³/mol. The molecular weight excluding hydrogens is 366 g/mol. The van der Waals surface area contributed by atoms with Gasteiger partial charge in [0.25, 0.3) is 0 Å². The second-order valence-electron chi connectivity index (χ2n) is 6.52. The second-order valence-corrected chi connectivity index (χ2v) is 8.80. The Hall–Kier alpha value is -1.52. The fourth-order valence-electron chi connectivity index (χ4n) is 3.89. The number of piperazine rings is 1. The monoisotopic (exact) mass is 383 g/mol. The minimum absolute atomic E-state index is 0.185. The molecule has 0 spiro atoms. The highest BCUT2D eigenvalue weighted by molar-refractivity contribution is 7.89. The number of hydrazone groups is 1. The Morgan fingerprint density at radius 3 is 2.56 bits per heavy atom. The highest BCUT2D eigenvalue weighted by Gasteiger charge is 2.51. The third-order valence-electron chi connectivity index (χ3n) is 5.07. The van der Waals surface area contributed by atoms with Crippen LogP contribution in [0.4, 0.5) is 0 Å². The summed E-state index contributed by atoms with van der Waals surface area (Å²) in [6, 6.07) is 5.96. The van der Waals surface area contributed by atoms with E-state index in [1.54, 1.807) is 22.5 Å². The summed E-state index contributed by atoms with van der Waals surface area (Å²) in [5, 5.41) is 4.27. The first-order chi connectivity index (χ1) is 12.0. The van der Waals surface area contributed by atoms with Crippen LogP contribution in [0.1, 0.15) is 12.8 Å². The molecule has 10 heteroatoms. The topological polar surface area (TPSA) is 94.1 Å². The molecule has 3 heterocycles. The van der Waals surface area contributed by atoms with Crippen molar-refractivity contribution in [2.75, 3.05) is 13.1 Å². The molecule has 2 N–H and O–H groups in total. The van der Waals surface area contributed by atoms with Crippen LogP contribution < -0.4 is 11.0 Å². The third kappa shape index (κ3) is 2.67. The van der Waals surface area contributed by atoms with E-state index in [1.165, 1.54) is 12.3 Å². The normalized spacial score (nSPS) is 32.7. The highest BCUT2D eigenvalue weighted by atomic mass is 35.5. The zero-order chi connectivity index (χ0) is 17.7. The maximum atomic E-state index is 13.1. The molecule has 2 bridgehead atoms. The number of carbonyl (C=O) groups is 1. The van der Waals surface area contributed by atoms with Gasteiger partial charge in [0.05, 0.1) is 11.1 Å². The van der Waals surface area contributed by atoms with E-state index in [0.717, 1.165) is 19.1 Å². The summed E-state index contributed by atoms with van der Waals surface area (Å²) in [6.45, 7) is 0.908. The number of hydrogen-bond acceptors (Lipinski definition) is 7. The van der Waals surface area contributed by atoms with E-state index in [9.17, 15) is 13.2 Å². The van der Waals surface area contributed by atoms with E-state index in [0.29, 0.717) is 18.1 Å². The zero-order valence-electron chi connectivity index (χ0n) is 13.3. The molecule has 3 unspecified atom stereocenters. The fraction of sp³-hybridized carbons (Fsp3) is 0.467. The molecular formula is C15H18ClN5O3S. The lowest BCUT2D eigenvalue weighted by Crippen LogP contribution is -2.68. The quantitative estimate of drug-likeness (QED) is 0.720. The average Bonchev–Trinajstić information content (AvgIpc) is 3.19. The first-order valence-corrected chi connectivity index (χ1v) is 9.85. The van der Waals surface area contributed by atoms with Crippen molar-refractivity contribution in [1.82, 2.24) is 20.2 Å². The van der Waals surface area contributed by atoms with E-state index in [4.69, 9.17) is 11.6 Å². The lowest BCUT2D eigenvalue weighted by molar-refractivity contribution is -0.117. The maximum absolute atomic E-state index is 13.1. The van der Waals surface area contributed by atoms with Gasteiger partial charge in [0, 0.05) is 30.2 Å². The summed E-state index contributed by atoms with van der Waals surface area (Å²) in [5.41, 5.74) is 4.42. The Kier molecular flexibility index (Phi) is 4.08. The van der Waals surface area contributed by atoms with Gasteiger partial charge in [0.1, 0.15) is 0 Å². The first-order valence-electron chi connectivity index (χ1n) is 8.03. The van der Waals surface area contributed by atoms with Crippen molar-refractivity contribution < 1.29 is 13.2 Å². The molecule has 3 atom stereocenters. The lowest BCUT2D eigenvalue weighted by Gasteiger charge is -2.44. The van der Waals surface area contributed by atoms with Crippen LogP contribution >= 0.6 is 11.6 Å². The van der Waals surface area contributed by atoms with Crippen LogP contribution in [0, 0.1) is 0 Å². The van der Waals surface area contributed by atoms with Gasteiger partial charge in [0.15, 0.2) is 11.9 Å². The second kappa shape index (κ2) is 6.03. The molecule has 8 nitrogen and oxygen atoms in total. The van der Waals surface area contributed by atoms with Crippen LogP contribution in [-0.2, 0) is 14.8 Å². The number of carbonyl (C=O) groups excluding carboxylic acids is 1. The van der Waals surface area contributed by atoms with Crippen molar-refractivity contribution in [3.05, 3.63) is 29.3 Å². The first kappa shape index (κ1) is 16.9. The number of benzene rings is 1. The molecule has 2 saturated heterocycles. The number of hydrogen-bond donors (Lipinski definition) is 2. The molecule has 25 heavy (non-hydrogen) atoms. The van der Waals surface area contributed by atoms with Gasteiger partial charge in [-0.05, 0) is 31.0 Å². The number of nitrogens with one attached hydrogen (secondary N) is 2. The van der Waals surface area contributed by atoms with E-state index in [-0.39, 0.29) is 17.0 Å². The molecule has 0 aromatic heterocycles. The number of halogens is 1. The Bertz CT molecular complexity index is 818. The van der Waals surface area contributed by atoms with Crippen molar-refractivity contribution >= 4 is 34.1 Å². The minimum atomic E-state index is -3.63. The SMILES string of the molecule is O=CC1(N2CC3CCC(C2)N3S(=O)(=O)c2cccc(Cl)c2)C=NNN1. The van der Waals surface area contributed by atoms with Gasteiger partial charge in [-0.2, -0.15) is 14.8 Å². The van der Waals surface area contributed by atoms with Gasteiger partial charge in [-0.1, -0.05) is 17.7 Å². The number of fused-ring (bicyclic) bond motifs is 2. The Morgan fingerprint density at radius 2 is 2.00 bits per heavy atom. The lowest BCUT2D eigenvalue weighted by atomic mass is 10.1. The third-order valence-corrected chi connectivity index (χ3v) is 7.31. The van der Waals surface area contributed by atoms with Crippen LogP contribution in [0.2, 0.25) is 5.02 Å². The van der Waals surface area contributed by atoms with Gasteiger partial charge in [0.2, 0.25) is 10.0 Å². The summed E-state index contributed by atoms with van der Waals surface area (Å²) in [5.74, 6) is 0. The summed E-state index contributed by atoms with van der Waals surface area (Å²) in [7, 11) is -3.63. The van der Waals surface area contributed by atoms with Crippen molar-refractivity contribution in [1.29, 1.82) is 0 Å². The fourth-order valence-corrected chi connectivity index (χ4v) is 6.04. The maximum Gasteiger partial charge on any atom is 0.243 e. The summed E-state index contributed by atoms with van der Waals surface area (Å²) in [6.07, 6.45) is 3.83. The number of aldehydes is 1. The van der Waals surface area contributed by atoms with Crippen molar-refractivity contribution in [2.24, 2.45) is 5.10 Å². The molecule has 3 aliphatic rings. The molecule has 0 amide bonds. The zero-order valence-corrected chi connectivity index (χ0v) is 14.9. The summed E-state index contributed by atoms with van der Waals surface area (Å²) >= 11 is 5.96. The molecule has 1 aromatic carbocycles. The van der Waals surface area contributed by atoms with Crippen LogP contribution in [-0.4, -0.2) is 61.0 Å². The van der Waals surface area contributed by atoms with Gasteiger partial charge < -0.3 is 0 Å². The Labute approximate surface area is 150 Å². The van der Waals surface area contributed by atoms with E-state index in [1.807, 2.05) is 4.90 Å². The van der Waals surface area contributed by atoms with E-state index < -0.39 is 15.7 Å². The number of nitrogens with zero attached hydrogens (tertiary/aromatic N) is 3. The van der Waals surface area contributed by atoms with Crippen LogP contribution in [0.5, 0.6) is 0 Å². The molecule has 0 aliphatic carbocycles. The average molecular weight is 384 g/mol. The van der Waals surface area contributed by atoms with E-state index >= 15 is 0 Å². The van der Waals surface area contributed by atoms with Gasteiger partial charge >= 0.3 is 0 Å². The number of likely N-dealkylation sites (tertiary alicyclic amines) is 1. The van der Waals surface area contributed by atoms with Gasteiger partial charge in [-0.25, -0.2) is 14.0 Å². The Morgan fingerprint density at radius 1 is 1.28 bits per heavy atom. The van der Waals surface area contributed by atoms with Crippen molar-refractivity contribution in [3.63, 3.8) is 0 Å². The van der Waals surface area contributed by atoms with E-state index in [2.05, 4.69) is 16.1 Å². The molecule has 2 fully saturated rings. The summed E-state index contributed by atoms with van der Waals surface area (Å²) < 4.78 is 27.8. The molecule has 134 valence electrons. The van der Waals surface area contributed by atoms with Crippen LogP contribution in [0.25, 0.3) is 0 Å². The number of hydrazine groups is 1. The van der Waals surface area contributed by atoms with Crippen LogP contribution in [0.15, 0.2) is 34.3 Å². The van der Waals surface area contributed by atoms with Gasteiger partial charge in [-0.3, -0.25) is 9.69 Å². The smallest absolute Gasteiger partial charge is 0.243 e. The molecule has 3 aliphatic heterocycles. The molecule has 0 radical (unpaired) electrons. The summed E-state index contributed by atoms with van der Waals surface area (Å²) in [4.78, 5) is 13.8. The molecule has 0 saturated carbocycles. The minimum Gasteiger partial charge on any atom is -0.299 e. The standard InChI is InChI=1S/C15H18ClN5O3S/c16-11-2-1-3-14(6-11)25(23,24)21-12-4-5-13(21)8-20(7-12)15(10-22)9-17-19-18-15/h1-3,6,9-10,12-13,18-19H,4-5,7-8H2. The molecule has 4 rings (SSSR count). The van der Waals surface area contributed by atoms with Crippen molar-refractivity contribution in [2.45, 2.75) is 35.5 Å². The number of sulfonamides is 1. The largest absolute Gasteiger partial charge is 0.299 e. The van der Waals surface area contributed by atoms with Crippen molar-refractivity contribution in [3.8, 4) is 0 Å². The predicted octanol–water partition coefficient (Wildman–Crippen LogP) is 0.166. The molecule has 1 aromatic rings. The van der Waals surface area contributed by atoms with Gasteiger partial charge in [-0.15, -0.1) is 0 Å².